The summed E-state index contributed by atoms with van der Waals surface area (Å²) in [6.45, 7) is 0.357. The minimum Gasteiger partial charge on any atom is -0.461 e. The van der Waals surface area contributed by atoms with Crippen molar-refractivity contribution < 1.29 is 23.8 Å². The standard InChI is InChI=1S/C14H14INO5/c1-19-11-6-16(12-10(21-11)7-20-14(12)18)13(17)8-4-2-3-5-9(8)15/h2-5,10-12H,6-7H2,1H3. The minimum atomic E-state index is -0.695. The van der Waals surface area contributed by atoms with Gasteiger partial charge in [0.2, 0.25) is 0 Å². The zero-order valence-electron chi connectivity index (χ0n) is 11.3. The molecule has 2 aliphatic heterocycles. The van der Waals surface area contributed by atoms with E-state index in [-0.39, 0.29) is 19.1 Å². The van der Waals surface area contributed by atoms with Gasteiger partial charge < -0.3 is 19.1 Å². The van der Waals surface area contributed by atoms with Crippen LogP contribution in [0.25, 0.3) is 0 Å². The molecule has 0 N–H and O–H groups in total. The third-order valence-corrected chi connectivity index (χ3v) is 4.56. The summed E-state index contributed by atoms with van der Waals surface area (Å²) in [5.41, 5.74) is 0.563. The Kier molecular flexibility index (Phi) is 4.14. The van der Waals surface area contributed by atoms with E-state index in [1.165, 1.54) is 12.0 Å². The van der Waals surface area contributed by atoms with Gasteiger partial charge in [0, 0.05) is 10.7 Å². The summed E-state index contributed by atoms with van der Waals surface area (Å²) in [6.07, 6.45) is -1.02. The van der Waals surface area contributed by atoms with Crippen molar-refractivity contribution in [3.8, 4) is 0 Å². The number of carbonyl (C=O) groups is 2. The van der Waals surface area contributed by atoms with Gasteiger partial charge in [0.15, 0.2) is 12.3 Å². The molecule has 2 aliphatic rings. The highest BCUT2D eigenvalue weighted by Gasteiger charge is 2.49. The third-order valence-electron chi connectivity index (χ3n) is 3.62. The van der Waals surface area contributed by atoms with Crippen molar-refractivity contribution >= 4 is 34.5 Å². The van der Waals surface area contributed by atoms with Crippen LogP contribution in [-0.4, -0.2) is 55.5 Å². The summed E-state index contributed by atoms with van der Waals surface area (Å²) in [6, 6.07) is 6.57. The van der Waals surface area contributed by atoms with Crippen LogP contribution in [0.5, 0.6) is 0 Å². The molecule has 0 radical (unpaired) electrons. The second-order valence-electron chi connectivity index (χ2n) is 4.85. The Morgan fingerprint density at radius 3 is 2.90 bits per heavy atom. The average molecular weight is 403 g/mol. The average Bonchev–Trinajstić information content (AvgIpc) is 2.87. The Morgan fingerprint density at radius 2 is 2.19 bits per heavy atom. The number of hydrogen-bond donors (Lipinski definition) is 0. The van der Waals surface area contributed by atoms with Crippen LogP contribution in [0, 0.1) is 3.57 Å². The van der Waals surface area contributed by atoms with Gasteiger partial charge in [-0.15, -0.1) is 0 Å². The van der Waals surface area contributed by atoms with Crippen molar-refractivity contribution in [2.24, 2.45) is 0 Å². The van der Waals surface area contributed by atoms with Gasteiger partial charge in [-0.2, -0.15) is 0 Å². The molecule has 2 fully saturated rings. The van der Waals surface area contributed by atoms with Crippen molar-refractivity contribution in [3.05, 3.63) is 33.4 Å². The highest BCUT2D eigenvalue weighted by atomic mass is 127. The van der Waals surface area contributed by atoms with Crippen molar-refractivity contribution in [2.75, 3.05) is 20.3 Å². The highest BCUT2D eigenvalue weighted by Crippen LogP contribution is 2.27. The number of esters is 1. The maximum absolute atomic E-state index is 12.8. The molecule has 1 aromatic carbocycles. The summed E-state index contributed by atoms with van der Waals surface area (Å²) in [5.74, 6) is -0.631. The van der Waals surface area contributed by atoms with Gasteiger partial charge in [-0.3, -0.25) is 4.79 Å². The van der Waals surface area contributed by atoms with Crippen LogP contribution in [0.2, 0.25) is 0 Å². The molecule has 2 heterocycles. The molecule has 1 amide bonds. The number of amides is 1. The molecule has 3 rings (SSSR count). The normalized spacial score (nSPS) is 28.2. The second kappa shape index (κ2) is 5.90. The lowest BCUT2D eigenvalue weighted by Crippen LogP contribution is -2.58. The van der Waals surface area contributed by atoms with E-state index >= 15 is 0 Å². The topological polar surface area (TPSA) is 65.1 Å². The monoisotopic (exact) mass is 403 g/mol. The van der Waals surface area contributed by atoms with Gasteiger partial charge in [0.05, 0.1) is 12.1 Å². The first-order chi connectivity index (χ1) is 10.1. The van der Waals surface area contributed by atoms with E-state index in [1.54, 1.807) is 12.1 Å². The van der Waals surface area contributed by atoms with Crippen LogP contribution in [0.15, 0.2) is 24.3 Å². The van der Waals surface area contributed by atoms with Crippen molar-refractivity contribution in [1.82, 2.24) is 4.90 Å². The fraction of sp³-hybridized carbons (Fsp3) is 0.429. The van der Waals surface area contributed by atoms with Crippen LogP contribution in [0.1, 0.15) is 10.4 Å². The van der Waals surface area contributed by atoms with Crippen LogP contribution < -0.4 is 0 Å². The van der Waals surface area contributed by atoms with Crippen LogP contribution in [0.4, 0.5) is 0 Å². The number of morpholine rings is 1. The van der Waals surface area contributed by atoms with Gasteiger partial charge in [-0.1, -0.05) is 12.1 Å². The molecule has 7 heteroatoms. The maximum Gasteiger partial charge on any atom is 0.331 e. The van der Waals surface area contributed by atoms with E-state index in [9.17, 15) is 9.59 Å². The van der Waals surface area contributed by atoms with Crippen molar-refractivity contribution in [3.63, 3.8) is 0 Å². The lowest BCUT2D eigenvalue weighted by molar-refractivity contribution is -0.199. The molecule has 6 nitrogen and oxygen atoms in total. The van der Waals surface area contributed by atoms with Gasteiger partial charge in [0.25, 0.3) is 5.91 Å². The van der Waals surface area contributed by atoms with Crippen LogP contribution in [0.3, 0.4) is 0 Å². The second-order valence-corrected chi connectivity index (χ2v) is 6.01. The predicted molar refractivity (Wildman–Crippen MR) is 80.6 cm³/mol. The van der Waals surface area contributed by atoms with E-state index in [0.717, 1.165) is 3.57 Å². The first kappa shape index (κ1) is 14.7. The molecule has 1 aromatic rings. The van der Waals surface area contributed by atoms with Gasteiger partial charge in [-0.05, 0) is 34.7 Å². The Hall–Kier alpha value is -1.19. The van der Waals surface area contributed by atoms with Gasteiger partial charge in [-0.25, -0.2) is 4.79 Å². The van der Waals surface area contributed by atoms with E-state index < -0.39 is 24.4 Å². The summed E-state index contributed by atoms with van der Waals surface area (Å²) < 4.78 is 16.7. The molecule has 112 valence electrons. The molecule has 3 unspecified atom stereocenters. The van der Waals surface area contributed by atoms with E-state index in [4.69, 9.17) is 14.2 Å². The van der Waals surface area contributed by atoms with Crippen LogP contribution >= 0.6 is 22.6 Å². The largest absolute Gasteiger partial charge is 0.461 e. The molecule has 0 bridgehead atoms. The van der Waals surface area contributed by atoms with E-state index in [1.807, 2.05) is 12.1 Å². The lowest BCUT2D eigenvalue weighted by atomic mass is 10.1. The Bertz CT molecular complexity index is 578. The molecule has 3 atom stereocenters. The summed E-state index contributed by atoms with van der Waals surface area (Å²) in [7, 11) is 1.51. The van der Waals surface area contributed by atoms with Crippen molar-refractivity contribution in [1.29, 1.82) is 0 Å². The highest BCUT2D eigenvalue weighted by molar-refractivity contribution is 14.1. The number of carbonyl (C=O) groups excluding carboxylic acids is 2. The fourth-order valence-corrected chi connectivity index (χ4v) is 3.19. The molecular formula is C14H14INO5. The molecule has 0 aromatic heterocycles. The van der Waals surface area contributed by atoms with E-state index in [2.05, 4.69) is 22.6 Å². The molecule has 0 saturated carbocycles. The van der Waals surface area contributed by atoms with Crippen molar-refractivity contribution in [2.45, 2.75) is 18.4 Å². The quantitative estimate of drug-likeness (QED) is 0.546. The number of halogens is 1. The number of nitrogens with zero attached hydrogens (tertiary/aromatic N) is 1. The number of methoxy groups -OCH3 is 1. The SMILES string of the molecule is COC1CN(C(=O)c2ccccc2I)C2C(=O)OCC2O1. The first-order valence-corrected chi connectivity index (χ1v) is 7.60. The maximum atomic E-state index is 12.8. The smallest absolute Gasteiger partial charge is 0.331 e. The number of cyclic esters (lactones) is 1. The Balaban J connectivity index is 1.92. The molecule has 21 heavy (non-hydrogen) atoms. The van der Waals surface area contributed by atoms with E-state index in [0.29, 0.717) is 5.56 Å². The Labute approximate surface area is 135 Å². The Morgan fingerprint density at radius 1 is 1.43 bits per heavy atom. The fourth-order valence-electron chi connectivity index (χ4n) is 2.58. The zero-order chi connectivity index (χ0) is 15.0. The summed E-state index contributed by atoms with van der Waals surface area (Å²) in [5, 5.41) is 0. The number of benzene rings is 1. The van der Waals surface area contributed by atoms with Gasteiger partial charge >= 0.3 is 5.97 Å². The number of rotatable bonds is 2. The molecule has 0 aliphatic carbocycles. The zero-order valence-corrected chi connectivity index (χ0v) is 13.5. The van der Waals surface area contributed by atoms with Gasteiger partial charge in [0.1, 0.15) is 12.7 Å². The minimum absolute atomic E-state index is 0.152. The number of fused-ring (bicyclic) bond motifs is 1. The van der Waals surface area contributed by atoms with Crippen LogP contribution in [-0.2, 0) is 19.0 Å². The predicted octanol–water partition coefficient (Wildman–Crippen LogP) is 1.03. The number of ether oxygens (including phenoxy) is 3. The lowest BCUT2D eigenvalue weighted by Gasteiger charge is -2.38. The summed E-state index contributed by atoms with van der Waals surface area (Å²) in [4.78, 5) is 26.2. The third kappa shape index (κ3) is 2.65. The molecule has 2 saturated heterocycles. The summed E-state index contributed by atoms with van der Waals surface area (Å²) >= 11 is 2.11. The molecule has 0 spiro atoms. The number of hydrogen-bond acceptors (Lipinski definition) is 5. The first-order valence-electron chi connectivity index (χ1n) is 6.52. The molecular weight excluding hydrogens is 389 g/mol.